The molecule has 0 spiro atoms. The molecule has 0 aliphatic heterocycles. The minimum Gasteiger partial charge on any atom is -0.469 e. The lowest BCUT2D eigenvalue weighted by Gasteiger charge is -2.50. The smallest absolute Gasteiger partial charge is 0.309 e. The molecule has 3 rings (SSSR count). The highest BCUT2D eigenvalue weighted by Gasteiger charge is 2.58. The fraction of sp³-hybridized carbons (Fsp3) is 0.423. The van der Waals surface area contributed by atoms with Crippen molar-refractivity contribution in [3.63, 3.8) is 0 Å². The van der Waals surface area contributed by atoms with E-state index in [1.807, 2.05) is 60.7 Å². The van der Waals surface area contributed by atoms with Crippen molar-refractivity contribution >= 4 is 17.8 Å². The summed E-state index contributed by atoms with van der Waals surface area (Å²) in [6, 6.07) is 19.4. The highest BCUT2D eigenvalue weighted by Crippen LogP contribution is 2.57. The van der Waals surface area contributed by atoms with Crippen molar-refractivity contribution in [3.8, 4) is 0 Å². The Hall–Kier alpha value is -3.15. The highest BCUT2D eigenvalue weighted by molar-refractivity contribution is 5.88. The molecule has 1 aliphatic rings. The maximum Gasteiger partial charge on any atom is 0.309 e. The Kier molecular flexibility index (Phi) is 8.42. The Morgan fingerprint density at radius 1 is 0.750 bits per heavy atom. The SMILES string of the molecule is COC(=O)CCCCCNC(=O)C1C(c2ccccc2)C(C(=O)OC)C1c1ccccc1. The molecular formula is C26H31NO5. The lowest BCUT2D eigenvalue weighted by molar-refractivity contribution is -0.156. The number of benzene rings is 2. The van der Waals surface area contributed by atoms with Gasteiger partial charge in [0.25, 0.3) is 0 Å². The molecule has 0 bridgehead atoms. The molecule has 0 heterocycles. The van der Waals surface area contributed by atoms with Crippen molar-refractivity contribution in [3.05, 3.63) is 71.8 Å². The average Bonchev–Trinajstić information content (AvgIpc) is 2.81. The topological polar surface area (TPSA) is 81.7 Å². The first-order valence-electron chi connectivity index (χ1n) is 11.1. The zero-order valence-corrected chi connectivity index (χ0v) is 18.7. The van der Waals surface area contributed by atoms with E-state index in [2.05, 4.69) is 10.1 Å². The largest absolute Gasteiger partial charge is 0.469 e. The van der Waals surface area contributed by atoms with Crippen LogP contribution in [0.2, 0.25) is 0 Å². The van der Waals surface area contributed by atoms with Gasteiger partial charge in [0.2, 0.25) is 5.91 Å². The Morgan fingerprint density at radius 3 is 1.81 bits per heavy atom. The van der Waals surface area contributed by atoms with Crippen LogP contribution in [0, 0.1) is 11.8 Å². The van der Waals surface area contributed by atoms with E-state index in [-0.39, 0.29) is 35.6 Å². The van der Waals surface area contributed by atoms with Crippen molar-refractivity contribution in [2.45, 2.75) is 37.5 Å². The van der Waals surface area contributed by atoms with Crippen LogP contribution in [0.5, 0.6) is 0 Å². The fourth-order valence-electron chi connectivity index (χ4n) is 4.69. The summed E-state index contributed by atoms with van der Waals surface area (Å²) < 4.78 is 9.78. The van der Waals surface area contributed by atoms with Gasteiger partial charge in [-0.1, -0.05) is 67.1 Å². The van der Waals surface area contributed by atoms with Gasteiger partial charge in [-0.3, -0.25) is 14.4 Å². The normalized spacial score (nSPS) is 21.8. The second-order valence-corrected chi connectivity index (χ2v) is 8.13. The van der Waals surface area contributed by atoms with E-state index < -0.39 is 5.92 Å². The number of methoxy groups -OCH3 is 2. The molecule has 1 N–H and O–H groups in total. The van der Waals surface area contributed by atoms with Crippen LogP contribution in [0.25, 0.3) is 0 Å². The Labute approximate surface area is 189 Å². The van der Waals surface area contributed by atoms with Gasteiger partial charge in [-0.2, -0.15) is 0 Å². The van der Waals surface area contributed by atoms with Crippen molar-refractivity contribution in [2.75, 3.05) is 20.8 Å². The van der Waals surface area contributed by atoms with E-state index in [0.29, 0.717) is 13.0 Å². The summed E-state index contributed by atoms with van der Waals surface area (Å²) in [5.41, 5.74) is 1.93. The molecule has 170 valence electrons. The lowest BCUT2D eigenvalue weighted by Crippen LogP contribution is -2.54. The first-order chi connectivity index (χ1) is 15.6. The van der Waals surface area contributed by atoms with Crippen LogP contribution in [-0.2, 0) is 23.9 Å². The molecule has 0 aromatic heterocycles. The molecule has 0 saturated heterocycles. The first-order valence-corrected chi connectivity index (χ1v) is 11.1. The number of unbranched alkanes of at least 4 members (excludes halogenated alkanes) is 2. The van der Waals surface area contributed by atoms with Crippen LogP contribution in [-0.4, -0.2) is 38.6 Å². The second-order valence-electron chi connectivity index (χ2n) is 8.13. The molecule has 1 saturated carbocycles. The predicted octanol–water partition coefficient (Wildman–Crippen LogP) is 3.82. The number of esters is 2. The molecule has 0 radical (unpaired) electrons. The van der Waals surface area contributed by atoms with Crippen LogP contribution in [0.15, 0.2) is 60.7 Å². The lowest BCUT2D eigenvalue weighted by atomic mass is 9.52. The number of amides is 1. The standard InChI is InChI=1S/C26H31NO5/c1-31-20(28)16-10-5-11-17-27-25(29)23-21(18-12-6-3-7-13-18)24(26(30)32-2)22(23)19-14-8-4-9-15-19/h3-4,6-9,12-15,21-24H,5,10-11,16-17H2,1-2H3,(H,27,29). The summed E-state index contributed by atoms with van der Waals surface area (Å²) in [6.45, 7) is 0.530. The Bertz CT molecular complexity index is 851. The summed E-state index contributed by atoms with van der Waals surface area (Å²) in [4.78, 5) is 37.3. The van der Waals surface area contributed by atoms with E-state index in [0.717, 1.165) is 30.4 Å². The van der Waals surface area contributed by atoms with Gasteiger partial charge in [-0.25, -0.2) is 0 Å². The minimum atomic E-state index is -0.416. The molecule has 2 aromatic rings. The fourth-order valence-corrected chi connectivity index (χ4v) is 4.69. The summed E-state index contributed by atoms with van der Waals surface area (Å²) >= 11 is 0. The summed E-state index contributed by atoms with van der Waals surface area (Å²) in [5, 5.41) is 3.06. The quantitative estimate of drug-likeness (QED) is 0.451. The zero-order chi connectivity index (χ0) is 22.9. The first kappa shape index (κ1) is 23.5. The van der Waals surface area contributed by atoms with E-state index >= 15 is 0 Å². The van der Waals surface area contributed by atoms with Crippen molar-refractivity contribution in [2.24, 2.45) is 11.8 Å². The van der Waals surface area contributed by atoms with Crippen molar-refractivity contribution < 1.29 is 23.9 Å². The third-order valence-corrected chi connectivity index (χ3v) is 6.28. The molecule has 1 fully saturated rings. The summed E-state index contributed by atoms with van der Waals surface area (Å²) in [5.74, 6) is -1.82. The second kappa shape index (κ2) is 11.5. The van der Waals surface area contributed by atoms with Gasteiger partial charge in [0.15, 0.2) is 0 Å². The molecule has 2 atom stereocenters. The van der Waals surface area contributed by atoms with Gasteiger partial charge in [0.05, 0.1) is 26.1 Å². The maximum absolute atomic E-state index is 13.3. The van der Waals surface area contributed by atoms with E-state index in [1.54, 1.807) is 0 Å². The molecule has 2 unspecified atom stereocenters. The number of nitrogens with one attached hydrogen (secondary N) is 1. The molecule has 6 heteroatoms. The minimum absolute atomic E-state index is 0.0548. The van der Waals surface area contributed by atoms with Crippen LogP contribution in [0.3, 0.4) is 0 Å². The number of carbonyl (C=O) groups is 3. The number of carbonyl (C=O) groups excluding carboxylic acids is 3. The average molecular weight is 438 g/mol. The third kappa shape index (κ3) is 5.36. The van der Waals surface area contributed by atoms with Crippen LogP contribution in [0.1, 0.15) is 48.6 Å². The Morgan fingerprint density at radius 2 is 1.31 bits per heavy atom. The van der Waals surface area contributed by atoms with Gasteiger partial charge >= 0.3 is 11.9 Å². The molecule has 6 nitrogen and oxygen atoms in total. The van der Waals surface area contributed by atoms with Gasteiger partial charge in [-0.15, -0.1) is 0 Å². The molecule has 1 aliphatic carbocycles. The van der Waals surface area contributed by atoms with Gasteiger partial charge in [-0.05, 0) is 24.0 Å². The van der Waals surface area contributed by atoms with Gasteiger partial charge < -0.3 is 14.8 Å². The predicted molar refractivity (Wildman–Crippen MR) is 121 cm³/mol. The van der Waals surface area contributed by atoms with Crippen molar-refractivity contribution in [1.29, 1.82) is 0 Å². The van der Waals surface area contributed by atoms with E-state index in [1.165, 1.54) is 14.2 Å². The number of hydrogen-bond acceptors (Lipinski definition) is 5. The maximum atomic E-state index is 13.3. The summed E-state index contributed by atoms with van der Waals surface area (Å²) in [6.07, 6.45) is 2.73. The molecule has 2 aromatic carbocycles. The van der Waals surface area contributed by atoms with Crippen molar-refractivity contribution in [1.82, 2.24) is 5.32 Å². The molecule has 1 amide bonds. The van der Waals surface area contributed by atoms with Crippen LogP contribution in [0.4, 0.5) is 0 Å². The number of hydrogen-bond donors (Lipinski definition) is 1. The van der Waals surface area contributed by atoms with E-state index in [4.69, 9.17) is 4.74 Å². The molecule has 32 heavy (non-hydrogen) atoms. The van der Waals surface area contributed by atoms with Gasteiger partial charge in [0, 0.05) is 24.8 Å². The van der Waals surface area contributed by atoms with Crippen LogP contribution >= 0.6 is 0 Å². The molecular weight excluding hydrogens is 406 g/mol. The summed E-state index contributed by atoms with van der Waals surface area (Å²) in [7, 11) is 2.78. The van der Waals surface area contributed by atoms with Crippen LogP contribution < -0.4 is 5.32 Å². The third-order valence-electron chi connectivity index (χ3n) is 6.28. The Balaban J connectivity index is 1.74. The number of ether oxygens (including phenoxy) is 2. The zero-order valence-electron chi connectivity index (χ0n) is 18.7. The monoisotopic (exact) mass is 437 g/mol. The number of rotatable bonds is 10. The van der Waals surface area contributed by atoms with E-state index in [9.17, 15) is 14.4 Å². The van der Waals surface area contributed by atoms with Gasteiger partial charge in [0.1, 0.15) is 0 Å². The highest BCUT2D eigenvalue weighted by atomic mass is 16.5.